The Morgan fingerprint density at radius 2 is 2.13 bits per heavy atom. The molecule has 5 heterocycles. The molecule has 6 rings (SSSR count). The van der Waals surface area contributed by atoms with Gasteiger partial charge in [0.15, 0.2) is 11.3 Å². The van der Waals surface area contributed by atoms with Gasteiger partial charge in [-0.05, 0) is 31.4 Å². The predicted molar refractivity (Wildman–Crippen MR) is 114 cm³/mol. The van der Waals surface area contributed by atoms with E-state index in [4.69, 9.17) is 21.1 Å². The molecule has 0 amide bonds. The number of hydrogen-bond donors (Lipinski definition) is 0. The van der Waals surface area contributed by atoms with Gasteiger partial charge in [-0.3, -0.25) is 9.20 Å². The number of rotatable bonds is 4. The van der Waals surface area contributed by atoms with Crippen LogP contribution in [-0.4, -0.2) is 54.9 Å². The van der Waals surface area contributed by atoms with E-state index in [0.29, 0.717) is 35.0 Å². The quantitative estimate of drug-likeness (QED) is 0.484. The summed E-state index contributed by atoms with van der Waals surface area (Å²) in [5.41, 5.74) is 2.60. The number of para-hydroxylation sites is 1. The summed E-state index contributed by atoms with van der Waals surface area (Å²) in [7, 11) is 0. The molecule has 160 valence electrons. The average Bonchev–Trinajstić information content (AvgIpc) is 3.56. The Labute approximate surface area is 182 Å². The summed E-state index contributed by atoms with van der Waals surface area (Å²) in [6.07, 6.45) is 6.31. The van der Waals surface area contributed by atoms with Crippen LogP contribution in [0.1, 0.15) is 30.9 Å². The molecule has 2 aliphatic rings. The van der Waals surface area contributed by atoms with Gasteiger partial charge in [0.2, 0.25) is 0 Å². The number of imidazole rings is 1. The van der Waals surface area contributed by atoms with Gasteiger partial charge < -0.3 is 14.0 Å². The maximum atomic E-state index is 13.7. The summed E-state index contributed by atoms with van der Waals surface area (Å²) < 4.78 is 16.4. The molecular weight excluding hydrogens is 420 g/mol. The summed E-state index contributed by atoms with van der Waals surface area (Å²) in [5, 5.41) is 9.09. The molecule has 0 saturated carbocycles. The largest absolute Gasteiger partial charge is 0.381 e. The maximum Gasteiger partial charge on any atom is 0.279 e. The second kappa shape index (κ2) is 7.44. The molecule has 0 radical (unpaired) electrons. The zero-order chi connectivity index (χ0) is 20.9. The number of ether oxygens (including phenoxy) is 2. The van der Waals surface area contributed by atoms with E-state index >= 15 is 0 Å². The van der Waals surface area contributed by atoms with Crippen molar-refractivity contribution < 1.29 is 9.47 Å². The van der Waals surface area contributed by atoms with E-state index in [9.17, 15) is 4.79 Å². The van der Waals surface area contributed by atoms with E-state index in [1.54, 1.807) is 26.0 Å². The second-order valence-electron chi connectivity index (χ2n) is 8.09. The van der Waals surface area contributed by atoms with E-state index in [1.807, 2.05) is 18.3 Å². The Hall–Kier alpha value is -2.75. The molecule has 0 N–H and O–H groups in total. The topological polar surface area (TPSA) is 88.5 Å². The van der Waals surface area contributed by atoms with Crippen molar-refractivity contribution in [1.82, 2.24) is 28.9 Å². The first-order valence-electron chi connectivity index (χ1n) is 10.5. The van der Waals surface area contributed by atoms with Gasteiger partial charge in [0, 0.05) is 19.1 Å². The lowest BCUT2D eigenvalue weighted by Gasteiger charge is -2.17. The molecule has 31 heavy (non-hydrogen) atoms. The lowest BCUT2D eigenvalue weighted by atomic mass is 10.1. The fraction of sp³-hybridized carbons (Fsp3) is 0.429. The lowest BCUT2D eigenvalue weighted by Crippen LogP contribution is -2.29. The molecule has 2 atom stereocenters. The highest BCUT2D eigenvalue weighted by Gasteiger charge is 2.25. The molecule has 2 fully saturated rings. The third-order valence-electron chi connectivity index (χ3n) is 6.18. The van der Waals surface area contributed by atoms with Crippen LogP contribution in [0.4, 0.5) is 0 Å². The zero-order valence-electron chi connectivity index (χ0n) is 16.8. The molecule has 3 aromatic heterocycles. The van der Waals surface area contributed by atoms with Crippen LogP contribution < -0.4 is 5.56 Å². The van der Waals surface area contributed by atoms with E-state index in [0.717, 1.165) is 43.7 Å². The monoisotopic (exact) mass is 440 g/mol. The van der Waals surface area contributed by atoms with Gasteiger partial charge in [0.05, 0.1) is 47.2 Å². The minimum absolute atomic E-state index is 0.00802. The van der Waals surface area contributed by atoms with Crippen LogP contribution in [0, 0.1) is 0 Å². The minimum atomic E-state index is -0.176. The fourth-order valence-corrected chi connectivity index (χ4v) is 4.86. The van der Waals surface area contributed by atoms with Crippen LogP contribution in [0.2, 0.25) is 5.02 Å². The summed E-state index contributed by atoms with van der Waals surface area (Å²) in [5.74, 6) is 0.670. The Bertz CT molecular complexity index is 1330. The number of fused-ring (bicyclic) bond motifs is 3. The number of aromatic nitrogens is 6. The van der Waals surface area contributed by atoms with Gasteiger partial charge in [-0.2, -0.15) is 4.68 Å². The van der Waals surface area contributed by atoms with Crippen molar-refractivity contribution in [2.24, 2.45) is 0 Å². The Morgan fingerprint density at radius 1 is 1.19 bits per heavy atom. The summed E-state index contributed by atoms with van der Waals surface area (Å²) in [6.45, 7) is 2.53. The molecule has 2 saturated heterocycles. The number of hydrogen-bond acceptors (Lipinski definition) is 6. The standard InChI is InChI=1S/C21H21ClN6O3/c22-15-4-1-5-17-18(15)26(9-14-3-2-7-31-14)21(29)19-20(23-12-27(17)19)28-10-16(24-25-28)13-6-8-30-11-13/h1,4-5,10,12-14H,2-3,6-9,11H2. The molecule has 1 aromatic carbocycles. The van der Waals surface area contributed by atoms with Gasteiger partial charge in [-0.15, -0.1) is 5.10 Å². The van der Waals surface area contributed by atoms with Gasteiger partial charge in [0.25, 0.3) is 5.56 Å². The summed E-state index contributed by atoms with van der Waals surface area (Å²) in [6, 6.07) is 5.61. The van der Waals surface area contributed by atoms with Crippen LogP contribution in [0.5, 0.6) is 0 Å². The van der Waals surface area contributed by atoms with Crippen molar-refractivity contribution in [3.8, 4) is 5.82 Å². The Kier molecular flexibility index (Phi) is 4.55. The molecule has 10 heteroatoms. The number of nitrogens with zero attached hydrogens (tertiary/aromatic N) is 6. The smallest absolute Gasteiger partial charge is 0.279 e. The molecule has 0 aliphatic carbocycles. The molecule has 2 aliphatic heterocycles. The number of benzene rings is 1. The first kappa shape index (κ1) is 19.0. The van der Waals surface area contributed by atoms with Gasteiger partial charge in [-0.1, -0.05) is 22.9 Å². The number of halogens is 1. The van der Waals surface area contributed by atoms with Crippen molar-refractivity contribution in [2.75, 3.05) is 19.8 Å². The van der Waals surface area contributed by atoms with Gasteiger partial charge in [0.1, 0.15) is 6.33 Å². The molecule has 0 bridgehead atoms. The Balaban J connectivity index is 1.55. The SMILES string of the molecule is O=c1c2c(-n3cc(C4CCOC4)nn3)ncn2c2cccc(Cl)c2n1CC1CCCO1. The zero-order valence-corrected chi connectivity index (χ0v) is 17.5. The third kappa shape index (κ3) is 3.07. The minimum Gasteiger partial charge on any atom is -0.381 e. The van der Waals surface area contributed by atoms with Crippen LogP contribution in [0.15, 0.2) is 35.5 Å². The van der Waals surface area contributed by atoms with Gasteiger partial charge in [-0.25, -0.2) is 4.98 Å². The van der Waals surface area contributed by atoms with E-state index in [-0.39, 0.29) is 17.6 Å². The first-order chi connectivity index (χ1) is 15.2. The molecule has 9 nitrogen and oxygen atoms in total. The molecule has 4 aromatic rings. The molecule has 0 spiro atoms. The third-order valence-corrected chi connectivity index (χ3v) is 6.48. The van der Waals surface area contributed by atoms with E-state index in [2.05, 4.69) is 15.3 Å². The summed E-state index contributed by atoms with van der Waals surface area (Å²) in [4.78, 5) is 18.2. The highest BCUT2D eigenvalue weighted by atomic mass is 35.5. The van der Waals surface area contributed by atoms with Crippen molar-refractivity contribution in [3.63, 3.8) is 0 Å². The molecular formula is C21H21ClN6O3. The predicted octanol–water partition coefficient (Wildman–Crippen LogP) is 2.57. The van der Waals surface area contributed by atoms with Crippen LogP contribution >= 0.6 is 11.6 Å². The van der Waals surface area contributed by atoms with Crippen LogP contribution in [0.3, 0.4) is 0 Å². The highest BCUT2D eigenvalue weighted by molar-refractivity contribution is 6.35. The van der Waals surface area contributed by atoms with Crippen LogP contribution in [-0.2, 0) is 16.0 Å². The van der Waals surface area contributed by atoms with E-state index < -0.39 is 0 Å². The van der Waals surface area contributed by atoms with Crippen molar-refractivity contribution in [3.05, 3.63) is 51.8 Å². The summed E-state index contributed by atoms with van der Waals surface area (Å²) >= 11 is 6.55. The average molecular weight is 441 g/mol. The maximum absolute atomic E-state index is 13.7. The first-order valence-corrected chi connectivity index (χ1v) is 10.9. The molecule has 2 unspecified atom stereocenters. The Morgan fingerprint density at radius 3 is 2.94 bits per heavy atom. The van der Waals surface area contributed by atoms with Crippen molar-refractivity contribution in [2.45, 2.75) is 37.8 Å². The van der Waals surface area contributed by atoms with Crippen LogP contribution in [0.25, 0.3) is 22.4 Å². The highest BCUT2D eigenvalue weighted by Crippen LogP contribution is 2.27. The fourth-order valence-electron chi connectivity index (χ4n) is 4.58. The second-order valence-corrected chi connectivity index (χ2v) is 8.50. The van der Waals surface area contributed by atoms with Crippen molar-refractivity contribution >= 4 is 28.2 Å². The lowest BCUT2D eigenvalue weighted by molar-refractivity contribution is 0.0973. The van der Waals surface area contributed by atoms with Crippen molar-refractivity contribution in [1.29, 1.82) is 0 Å². The van der Waals surface area contributed by atoms with Gasteiger partial charge >= 0.3 is 0 Å². The van der Waals surface area contributed by atoms with E-state index in [1.165, 1.54) is 0 Å². The normalized spacial score (nSPS) is 21.6.